The van der Waals surface area contributed by atoms with Crippen molar-refractivity contribution in [2.75, 3.05) is 9.80 Å². The third kappa shape index (κ3) is 6.13. The molecule has 0 bridgehead atoms. The van der Waals surface area contributed by atoms with Crippen molar-refractivity contribution in [2.45, 2.75) is 6.92 Å². The molecule has 9 rings (SSSR count). The molecule has 7 aromatic carbocycles. The Bertz CT molecular complexity index is 2510. The maximum Gasteiger partial charge on any atom is 0.227 e. The fourth-order valence-electron chi connectivity index (χ4n) is 6.78. The minimum Gasteiger partial charge on any atom is -0.436 e. The van der Waals surface area contributed by atoms with E-state index in [9.17, 15) is 0 Å². The van der Waals surface area contributed by atoms with Gasteiger partial charge in [0.25, 0.3) is 0 Å². The zero-order valence-corrected chi connectivity index (χ0v) is 29.1. The van der Waals surface area contributed by atoms with Gasteiger partial charge in [-0.05, 0) is 133 Å². The van der Waals surface area contributed by atoms with Crippen molar-refractivity contribution < 1.29 is 8.83 Å². The molecule has 0 saturated heterocycles. The van der Waals surface area contributed by atoms with Gasteiger partial charge in [-0.15, -0.1) is 0 Å². The number of oxazole rings is 2. The van der Waals surface area contributed by atoms with Crippen LogP contribution in [0.4, 0.5) is 28.4 Å². The second-order valence-electron chi connectivity index (χ2n) is 12.8. The lowest BCUT2D eigenvalue weighted by molar-refractivity contribution is 0.619. The van der Waals surface area contributed by atoms with E-state index in [0.717, 1.165) is 78.5 Å². The van der Waals surface area contributed by atoms with Crippen LogP contribution in [0.5, 0.6) is 0 Å². The highest BCUT2D eigenvalue weighted by Crippen LogP contribution is 2.39. The Kier molecular flexibility index (Phi) is 8.10. The van der Waals surface area contributed by atoms with E-state index >= 15 is 0 Å². The number of nitrogens with zero attached hydrogens (tertiary/aromatic N) is 4. The van der Waals surface area contributed by atoms with Gasteiger partial charge in [0.2, 0.25) is 11.8 Å². The first-order valence-electron chi connectivity index (χ1n) is 17.5. The number of aromatic nitrogens is 2. The fourth-order valence-corrected chi connectivity index (χ4v) is 6.78. The van der Waals surface area contributed by atoms with Crippen LogP contribution in [0, 0.1) is 6.92 Å². The lowest BCUT2D eigenvalue weighted by Gasteiger charge is -2.26. The van der Waals surface area contributed by atoms with Crippen molar-refractivity contribution in [3.8, 4) is 34.0 Å². The van der Waals surface area contributed by atoms with Gasteiger partial charge in [-0.1, -0.05) is 67.2 Å². The molecule has 0 aliphatic carbocycles. The highest BCUT2D eigenvalue weighted by atomic mass is 16.4. The van der Waals surface area contributed by atoms with Crippen molar-refractivity contribution in [2.24, 2.45) is 0 Å². The van der Waals surface area contributed by atoms with Crippen molar-refractivity contribution in [1.82, 2.24) is 9.97 Å². The van der Waals surface area contributed by atoms with E-state index in [1.807, 2.05) is 72.9 Å². The monoisotopic (exact) mass is 686 g/mol. The van der Waals surface area contributed by atoms with E-state index in [1.54, 1.807) is 0 Å². The standard InChI is InChI=1S/C47H34N4O2/c1-3-50(37-11-5-4-6-12-37)43-30-23-36(31-32(43)2)33-17-24-38(25-18-33)51(39-26-19-34(20-27-39)46-48-41-13-7-9-15-44(41)52-46)40-28-21-35(22-29-40)47-49-42-14-8-10-16-45(42)53-47/h3-31H,1H2,2H3. The molecule has 0 unspecified atom stereocenters. The Morgan fingerprint density at radius 1 is 0.472 bits per heavy atom. The summed E-state index contributed by atoms with van der Waals surface area (Å²) >= 11 is 0. The first kappa shape index (κ1) is 31.8. The molecule has 6 heteroatoms. The maximum absolute atomic E-state index is 6.07. The van der Waals surface area contributed by atoms with E-state index in [4.69, 9.17) is 18.8 Å². The molecule has 0 fully saturated rings. The SMILES string of the molecule is C=CN(c1ccccc1)c1ccc(-c2ccc(N(c3ccc(-c4nc5ccccc5o4)cc3)c3ccc(-c4nc5ccccc5o4)cc3)cc2)cc1C. The number of benzene rings is 7. The number of aryl methyl sites for hydroxylation is 1. The quantitative estimate of drug-likeness (QED) is 0.151. The predicted molar refractivity (Wildman–Crippen MR) is 216 cm³/mol. The Morgan fingerprint density at radius 2 is 0.925 bits per heavy atom. The highest BCUT2D eigenvalue weighted by Gasteiger charge is 2.17. The van der Waals surface area contributed by atoms with Crippen LogP contribution in [0.3, 0.4) is 0 Å². The van der Waals surface area contributed by atoms with Crippen LogP contribution in [0.25, 0.3) is 56.2 Å². The molecule has 0 saturated carbocycles. The molecule has 0 aliphatic rings. The van der Waals surface area contributed by atoms with E-state index in [0.29, 0.717) is 11.8 Å². The van der Waals surface area contributed by atoms with Gasteiger partial charge in [0.1, 0.15) is 11.0 Å². The number of para-hydroxylation sites is 5. The average Bonchev–Trinajstić information content (AvgIpc) is 3.85. The Morgan fingerprint density at radius 3 is 1.40 bits per heavy atom. The summed E-state index contributed by atoms with van der Waals surface area (Å²) in [5, 5.41) is 0. The topological polar surface area (TPSA) is 58.5 Å². The van der Waals surface area contributed by atoms with Gasteiger partial charge < -0.3 is 18.6 Å². The fraction of sp³-hybridized carbons (Fsp3) is 0.0213. The van der Waals surface area contributed by atoms with Crippen LogP contribution in [0.2, 0.25) is 0 Å². The van der Waals surface area contributed by atoms with Crippen molar-refractivity contribution in [1.29, 1.82) is 0 Å². The molecule has 0 N–H and O–H groups in total. The van der Waals surface area contributed by atoms with Crippen LogP contribution in [-0.2, 0) is 0 Å². The highest BCUT2D eigenvalue weighted by molar-refractivity contribution is 5.83. The summed E-state index contributed by atoms with van der Waals surface area (Å²) in [4.78, 5) is 13.8. The molecule has 0 aliphatic heterocycles. The Labute approximate surface area is 307 Å². The van der Waals surface area contributed by atoms with Crippen LogP contribution < -0.4 is 9.80 Å². The molecule has 53 heavy (non-hydrogen) atoms. The van der Waals surface area contributed by atoms with Gasteiger partial charge in [-0.25, -0.2) is 9.97 Å². The first-order chi connectivity index (χ1) is 26.1. The molecule has 254 valence electrons. The van der Waals surface area contributed by atoms with Gasteiger partial charge in [0, 0.05) is 45.8 Å². The van der Waals surface area contributed by atoms with E-state index in [2.05, 4.69) is 126 Å². The molecule has 0 radical (unpaired) electrons. The van der Waals surface area contributed by atoms with Gasteiger partial charge in [0.05, 0.1) is 0 Å². The number of fused-ring (bicyclic) bond motifs is 2. The molecule has 0 atom stereocenters. The zero-order chi connectivity index (χ0) is 35.7. The van der Waals surface area contributed by atoms with Crippen LogP contribution >= 0.6 is 0 Å². The zero-order valence-electron chi connectivity index (χ0n) is 29.1. The number of anilines is 5. The molecular formula is C47H34N4O2. The van der Waals surface area contributed by atoms with Crippen molar-refractivity contribution in [3.63, 3.8) is 0 Å². The van der Waals surface area contributed by atoms with Crippen LogP contribution in [-0.4, -0.2) is 9.97 Å². The maximum atomic E-state index is 6.07. The Balaban J connectivity index is 1.05. The second-order valence-corrected chi connectivity index (χ2v) is 12.8. The first-order valence-corrected chi connectivity index (χ1v) is 17.5. The molecule has 0 spiro atoms. The third-order valence-corrected chi connectivity index (χ3v) is 9.46. The second kappa shape index (κ2) is 13.5. The van der Waals surface area contributed by atoms with Crippen LogP contribution in [0.15, 0.2) is 191 Å². The average molecular weight is 687 g/mol. The van der Waals surface area contributed by atoms with E-state index in [1.165, 1.54) is 0 Å². The predicted octanol–water partition coefficient (Wildman–Crippen LogP) is 13.0. The summed E-state index contributed by atoms with van der Waals surface area (Å²) in [5.41, 5.74) is 13.7. The lowest BCUT2D eigenvalue weighted by Crippen LogP contribution is -2.10. The largest absolute Gasteiger partial charge is 0.436 e. The summed E-state index contributed by atoms with van der Waals surface area (Å²) in [7, 11) is 0. The summed E-state index contributed by atoms with van der Waals surface area (Å²) in [5.74, 6) is 1.19. The minimum atomic E-state index is 0.595. The van der Waals surface area contributed by atoms with Gasteiger partial charge in [-0.2, -0.15) is 0 Å². The number of hydrogen-bond donors (Lipinski definition) is 0. The molecule has 9 aromatic rings. The van der Waals surface area contributed by atoms with Crippen molar-refractivity contribution >= 4 is 50.6 Å². The molecule has 2 aromatic heterocycles. The lowest BCUT2D eigenvalue weighted by atomic mass is 10.0. The molecule has 0 amide bonds. The minimum absolute atomic E-state index is 0.595. The van der Waals surface area contributed by atoms with Crippen LogP contribution in [0.1, 0.15) is 5.56 Å². The summed E-state index contributed by atoms with van der Waals surface area (Å²) in [6, 6.07) is 57.8. The summed E-state index contributed by atoms with van der Waals surface area (Å²) in [6.45, 7) is 6.22. The van der Waals surface area contributed by atoms with E-state index < -0.39 is 0 Å². The smallest absolute Gasteiger partial charge is 0.227 e. The van der Waals surface area contributed by atoms with Gasteiger partial charge >= 0.3 is 0 Å². The number of rotatable bonds is 9. The molecule has 6 nitrogen and oxygen atoms in total. The summed E-state index contributed by atoms with van der Waals surface area (Å²) < 4.78 is 12.1. The van der Waals surface area contributed by atoms with Crippen molar-refractivity contribution in [3.05, 3.63) is 188 Å². The summed E-state index contributed by atoms with van der Waals surface area (Å²) in [6.07, 6.45) is 1.86. The third-order valence-electron chi connectivity index (χ3n) is 9.46. The van der Waals surface area contributed by atoms with Gasteiger partial charge in [-0.3, -0.25) is 0 Å². The molecular weight excluding hydrogens is 653 g/mol. The van der Waals surface area contributed by atoms with E-state index in [-0.39, 0.29) is 0 Å². The van der Waals surface area contributed by atoms with Gasteiger partial charge in [0.15, 0.2) is 11.2 Å². The normalized spacial score (nSPS) is 11.2. The molecule has 2 heterocycles. The number of hydrogen-bond acceptors (Lipinski definition) is 6. The Hall–Kier alpha value is -7.18.